The fourth-order valence-electron chi connectivity index (χ4n) is 2.09. The molecule has 0 unspecified atom stereocenters. The van der Waals surface area contributed by atoms with Gasteiger partial charge in [0.05, 0.1) is 4.90 Å². The fourth-order valence-corrected chi connectivity index (χ4v) is 3.71. The molecule has 20 heavy (non-hydrogen) atoms. The van der Waals surface area contributed by atoms with Crippen molar-refractivity contribution in [3.05, 3.63) is 23.8 Å². The molecule has 1 aromatic rings. The molecule has 0 atom stereocenters. The molecule has 5 nitrogen and oxygen atoms in total. The number of sulfonamides is 1. The third kappa shape index (κ3) is 4.47. The number of hydrogen-bond acceptors (Lipinski definition) is 4. The summed E-state index contributed by atoms with van der Waals surface area (Å²) in [5, 5.41) is 0. The first kappa shape index (κ1) is 16.9. The molecular formula is C14H25N3O2S. The Morgan fingerprint density at radius 1 is 1.15 bits per heavy atom. The number of nitrogen functional groups attached to an aromatic ring is 1. The fraction of sp³-hybridized carbons (Fsp3) is 0.571. The van der Waals surface area contributed by atoms with Crippen LogP contribution in [-0.2, 0) is 10.0 Å². The van der Waals surface area contributed by atoms with Crippen molar-refractivity contribution in [1.82, 2.24) is 9.21 Å². The number of benzene rings is 1. The molecule has 114 valence electrons. The smallest absolute Gasteiger partial charge is 0.243 e. The van der Waals surface area contributed by atoms with Crippen LogP contribution in [0.15, 0.2) is 23.1 Å². The molecule has 0 saturated carbocycles. The van der Waals surface area contributed by atoms with Gasteiger partial charge in [0.1, 0.15) is 0 Å². The van der Waals surface area contributed by atoms with E-state index in [9.17, 15) is 8.42 Å². The zero-order valence-corrected chi connectivity index (χ0v) is 13.6. The van der Waals surface area contributed by atoms with Crippen LogP contribution in [0.4, 0.5) is 5.69 Å². The van der Waals surface area contributed by atoms with Gasteiger partial charge in [-0.25, -0.2) is 8.42 Å². The van der Waals surface area contributed by atoms with Crippen LogP contribution in [-0.4, -0.2) is 51.4 Å². The molecule has 0 aliphatic rings. The van der Waals surface area contributed by atoms with Crippen LogP contribution in [0, 0.1) is 6.92 Å². The molecule has 1 rings (SSSR count). The van der Waals surface area contributed by atoms with Crippen molar-refractivity contribution in [1.29, 1.82) is 0 Å². The first-order chi connectivity index (χ1) is 9.27. The van der Waals surface area contributed by atoms with Gasteiger partial charge < -0.3 is 10.6 Å². The minimum atomic E-state index is -3.46. The third-order valence-corrected chi connectivity index (χ3v) is 5.03. The van der Waals surface area contributed by atoms with E-state index >= 15 is 0 Å². The maximum Gasteiger partial charge on any atom is 0.243 e. The third-order valence-electron chi connectivity index (χ3n) is 3.08. The standard InChI is InChI=1S/C14H25N3O2S/c1-5-17(8-6-7-16(3)4)20(18,19)14-10-12(2)9-13(15)11-14/h9-11H,5-8,15H2,1-4H3. The van der Waals surface area contributed by atoms with Crippen molar-refractivity contribution in [2.45, 2.75) is 25.2 Å². The quantitative estimate of drug-likeness (QED) is 0.776. The van der Waals surface area contributed by atoms with E-state index in [1.807, 2.05) is 32.8 Å². The van der Waals surface area contributed by atoms with Crippen molar-refractivity contribution in [2.75, 3.05) is 39.5 Å². The first-order valence-corrected chi connectivity index (χ1v) is 8.23. The molecule has 1 aromatic carbocycles. The van der Waals surface area contributed by atoms with Gasteiger partial charge in [0.25, 0.3) is 0 Å². The summed E-state index contributed by atoms with van der Waals surface area (Å²) in [6.45, 7) is 5.54. The van der Waals surface area contributed by atoms with Gasteiger partial charge in [0, 0.05) is 18.8 Å². The molecule has 0 bridgehead atoms. The molecule has 0 heterocycles. The highest BCUT2D eigenvalue weighted by Crippen LogP contribution is 2.20. The molecule has 0 aliphatic carbocycles. The summed E-state index contributed by atoms with van der Waals surface area (Å²) in [6.07, 6.45) is 0.807. The van der Waals surface area contributed by atoms with Crippen LogP contribution in [0.2, 0.25) is 0 Å². The van der Waals surface area contributed by atoms with Crippen molar-refractivity contribution in [3.8, 4) is 0 Å². The predicted octanol–water partition coefficient (Wildman–Crippen LogP) is 1.54. The van der Waals surface area contributed by atoms with E-state index in [0.717, 1.165) is 18.5 Å². The molecule has 0 spiro atoms. The van der Waals surface area contributed by atoms with Crippen molar-refractivity contribution >= 4 is 15.7 Å². The van der Waals surface area contributed by atoms with Crippen LogP contribution in [0.25, 0.3) is 0 Å². The minimum absolute atomic E-state index is 0.279. The second-order valence-electron chi connectivity index (χ2n) is 5.23. The van der Waals surface area contributed by atoms with Crippen LogP contribution in [0.3, 0.4) is 0 Å². The molecule has 0 aromatic heterocycles. The monoisotopic (exact) mass is 299 g/mol. The average Bonchev–Trinajstić information content (AvgIpc) is 2.32. The maximum atomic E-state index is 12.6. The Labute approximate surface area is 122 Å². The summed E-state index contributed by atoms with van der Waals surface area (Å²) in [5.41, 5.74) is 7.08. The summed E-state index contributed by atoms with van der Waals surface area (Å²) in [4.78, 5) is 2.33. The number of nitrogens with two attached hydrogens (primary N) is 1. The van der Waals surface area contributed by atoms with Crippen LogP contribution in [0.5, 0.6) is 0 Å². The normalized spacial score (nSPS) is 12.3. The summed E-state index contributed by atoms with van der Waals surface area (Å²) in [7, 11) is 0.497. The number of hydrogen-bond donors (Lipinski definition) is 1. The van der Waals surface area contributed by atoms with Crippen molar-refractivity contribution in [3.63, 3.8) is 0 Å². The van der Waals surface area contributed by atoms with Gasteiger partial charge in [-0.05, 0) is 57.7 Å². The lowest BCUT2D eigenvalue weighted by Crippen LogP contribution is -2.33. The summed E-state index contributed by atoms with van der Waals surface area (Å²) in [5.74, 6) is 0. The van der Waals surface area contributed by atoms with Gasteiger partial charge in [0.15, 0.2) is 0 Å². The second kappa shape index (κ2) is 7.06. The Bertz CT molecular complexity index is 521. The Morgan fingerprint density at radius 2 is 1.80 bits per heavy atom. The van der Waals surface area contributed by atoms with Crippen molar-refractivity contribution in [2.24, 2.45) is 0 Å². The van der Waals surface area contributed by atoms with Crippen LogP contribution < -0.4 is 5.73 Å². The van der Waals surface area contributed by atoms with E-state index in [-0.39, 0.29) is 4.90 Å². The van der Waals surface area contributed by atoms with E-state index in [2.05, 4.69) is 0 Å². The Kier molecular flexibility index (Phi) is 5.98. The first-order valence-electron chi connectivity index (χ1n) is 6.79. The highest BCUT2D eigenvalue weighted by molar-refractivity contribution is 7.89. The average molecular weight is 299 g/mol. The van der Waals surface area contributed by atoms with Gasteiger partial charge >= 0.3 is 0 Å². The van der Waals surface area contributed by atoms with Gasteiger partial charge in [0.2, 0.25) is 10.0 Å². The molecule has 0 amide bonds. The lowest BCUT2D eigenvalue weighted by Gasteiger charge is -2.22. The molecule has 0 radical (unpaired) electrons. The largest absolute Gasteiger partial charge is 0.399 e. The van der Waals surface area contributed by atoms with Crippen LogP contribution >= 0.6 is 0 Å². The molecule has 0 saturated heterocycles. The van der Waals surface area contributed by atoms with E-state index in [1.54, 1.807) is 12.1 Å². The SMILES string of the molecule is CCN(CCCN(C)C)S(=O)(=O)c1cc(C)cc(N)c1. The summed E-state index contributed by atoms with van der Waals surface area (Å²) in [6, 6.07) is 4.96. The van der Waals surface area contributed by atoms with Gasteiger partial charge in [-0.2, -0.15) is 4.31 Å². The Balaban J connectivity index is 2.94. The number of nitrogens with zero attached hydrogens (tertiary/aromatic N) is 2. The van der Waals surface area contributed by atoms with Gasteiger partial charge in [-0.3, -0.25) is 0 Å². The maximum absolute atomic E-state index is 12.6. The van der Waals surface area contributed by atoms with Gasteiger partial charge in [-0.15, -0.1) is 0 Å². The topological polar surface area (TPSA) is 66.6 Å². The minimum Gasteiger partial charge on any atom is -0.399 e. The highest BCUT2D eigenvalue weighted by atomic mass is 32.2. The molecular weight excluding hydrogens is 274 g/mol. The molecule has 2 N–H and O–H groups in total. The molecule has 6 heteroatoms. The Morgan fingerprint density at radius 3 is 2.30 bits per heavy atom. The summed E-state index contributed by atoms with van der Waals surface area (Å²) < 4.78 is 26.7. The lowest BCUT2D eigenvalue weighted by molar-refractivity contribution is 0.356. The molecule has 0 fully saturated rings. The Hall–Kier alpha value is -1.11. The summed E-state index contributed by atoms with van der Waals surface area (Å²) >= 11 is 0. The number of rotatable bonds is 7. The van der Waals surface area contributed by atoms with Gasteiger partial charge in [-0.1, -0.05) is 6.92 Å². The van der Waals surface area contributed by atoms with Crippen molar-refractivity contribution < 1.29 is 8.42 Å². The number of aryl methyl sites for hydroxylation is 1. The zero-order chi connectivity index (χ0) is 15.3. The number of anilines is 1. The zero-order valence-electron chi connectivity index (χ0n) is 12.8. The predicted molar refractivity (Wildman–Crippen MR) is 83.2 cm³/mol. The lowest BCUT2D eigenvalue weighted by atomic mass is 10.2. The highest BCUT2D eigenvalue weighted by Gasteiger charge is 2.23. The van der Waals surface area contributed by atoms with E-state index < -0.39 is 10.0 Å². The van der Waals surface area contributed by atoms with E-state index in [4.69, 9.17) is 5.73 Å². The second-order valence-corrected chi connectivity index (χ2v) is 7.17. The van der Waals surface area contributed by atoms with E-state index in [1.165, 1.54) is 10.4 Å². The molecule has 0 aliphatic heterocycles. The van der Waals surface area contributed by atoms with Crippen LogP contribution in [0.1, 0.15) is 18.9 Å². The van der Waals surface area contributed by atoms with E-state index in [0.29, 0.717) is 18.8 Å².